The molecule has 0 spiro atoms. The van der Waals surface area contributed by atoms with Gasteiger partial charge in [-0.1, -0.05) is 29.0 Å². The fourth-order valence-corrected chi connectivity index (χ4v) is 4.57. The fourth-order valence-electron chi connectivity index (χ4n) is 3.50. The minimum Gasteiger partial charge on any atom is -0.459 e. The Morgan fingerprint density at radius 2 is 1.95 bits per heavy atom. The number of carbonyl (C=O) groups is 1. The fraction of sp³-hybridized carbons (Fsp3) is 0.458. The molecule has 1 aromatic carbocycles. The number of nitrogens with one attached hydrogen (secondary N) is 1. The molecule has 3 N–H and O–H groups in total. The molecule has 0 radical (unpaired) electrons. The van der Waals surface area contributed by atoms with Gasteiger partial charge < -0.3 is 29.0 Å². The molecule has 1 fully saturated rings. The molecule has 0 aliphatic carbocycles. The lowest BCUT2D eigenvalue weighted by atomic mass is 9.97. The van der Waals surface area contributed by atoms with E-state index >= 15 is 0 Å². The number of rotatable bonds is 9. The minimum atomic E-state index is -3.42. The van der Waals surface area contributed by atoms with E-state index in [9.17, 15) is 29.2 Å². The molecule has 0 saturated carbocycles. The molecule has 0 bridgehead atoms. The third-order valence-corrected chi connectivity index (χ3v) is 6.66. The van der Waals surface area contributed by atoms with Crippen molar-refractivity contribution in [3.05, 3.63) is 63.4 Å². The normalized spacial score (nSPS) is 24.9. The van der Waals surface area contributed by atoms with Crippen LogP contribution < -0.4 is 16.1 Å². The summed E-state index contributed by atoms with van der Waals surface area (Å²) in [7, 11) is -3.42. The molecule has 38 heavy (non-hydrogen) atoms. The van der Waals surface area contributed by atoms with Crippen LogP contribution in [0.4, 0.5) is 0 Å². The van der Waals surface area contributed by atoms with Crippen LogP contribution in [0.15, 0.2) is 52.2 Å². The average Bonchev–Trinajstić information content (AvgIpc) is 3.10. The van der Waals surface area contributed by atoms with Crippen LogP contribution in [0.5, 0.6) is 5.75 Å². The number of esters is 1. The van der Waals surface area contributed by atoms with Gasteiger partial charge in [0.15, 0.2) is 11.8 Å². The van der Waals surface area contributed by atoms with Crippen LogP contribution in [0.3, 0.4) is 0 Å². The molecule has 2 unspecified atom stereocenters. The maximum Gasteiger partial charge on any atom is 0.330 e. The molecule has 2 heterocycles. The second kappa shape index (κ2) is 11.7. The predicted molar refractivity (Wildman–Crippen MR) is 134 cm³/mol. The van der Waals surface area contributed by atoms with Crippen LogP contribution in [0.25, 0.3) is 0 Å². The highest BCUT2D eigenvalue weighted by molar-refractivity contribution is 7.36. The van der Waals surface area contributed by atoms with Gasteiger partial charge in [-0.15, -0.1) is 6.42 Å². The van der Waals surface area contributed by atoms with Gasteiger partial charge in [-0.25, -0.2) is 4.79 Å². The van der Waals surface area contributed by atoms with E-state index < -0.39 is 67.7 Å². The van der Waals surface area contributed by atoms with Crippen molar-refractivity contribution >= 4 is 14.1 Å². The number of aliphatic hydroxyl groups excluding tert-OH is 2. The number of aromatic amines is 1. The number of benzene rings is 1. The zero-order chi connectivity index (χ0) is 28.3. The maximum absolute atomic E-state index is 13.3. The summed E-state index contributed by atoms with van der Waals surface area (Å²) >= 11 is 0. The van der Waals surface area contributed by atoms with Gasteiger partial charge in [-0.3, -0.25) is 23.7 Å². The predicted octanol–water partition coefficient (Wildman–Crippen LogP) is 0.592. The Bertz CT molecular complexity index is 1320. The molecule has 2 aromatic rings. The van der Waals surface area contributed by atoms with E-state index in [0.717, 1.165) is 21.7 Å². The first-order valence-electron chi connectivity index (χ1n) is 11.5. The number of aromatic nitrogens is 2. The quantitative estimate of drug-likeness (QED) is 0.173. The van der Waals surface area contributed by atoms with Crippen LogP contribution in [0, 0.1) is 12.3 Å². The Kier molecular flexibility index (Phi) is 8.99. The van der Waals surface area contributed by atoms with Gasteiger partial charge in [-0.05, 0) is 39.8 Å². The van der Waals surface area contributed by atoms with E-state index in [1.807, 2.05) is 4.98 Å². The zero-order valence-corrected chi connectivity index (χ0v) is 22.2. The highest BCUT2D eigenvalue weighted by atomic mass is 31.1. The van der Waals surface area contributed by atoms with Gasteiger partial charge in [0.05, 0.1) is 6.61 Å². The molecule has 13 nitrogen and oxygen atoms in total. The molecule has 3 rings (SSSR count). The van der Waals surface area contributed by atoms with Crippen LogP contribution in [0.1, 0.15) is 33.9 Å². The number of hydrogen-bond donors (Lipinski definition) is 3. The highest BCUT2D eigenvalue weighted by Crippen LogP contribution is 2.40. The summed E-state index contributed by atoms with van der Waals surface area (Å²) in [4.78, 5) is 44.8. The SMILES string of the molecule is C#C[C@]1(CO[PH](=O)N(Oc2ccccc2)C(C)C(=O)OC(C)(C)C)O[C@@H](n2ccc(=O)[nH]c2=O)[C@H](O)[C@@H]1O. The number of hydroxylamine groups is 1. The summed E-state index contributed by atoms with van der Waals surface area (Å²) in [6, 6.07) is 8.03. The van der Waals surface area contributed by atoms with Crippen molar-refractivity contribution in [2.45, 2.75) is 63.4 Å². The van der Waals surface area contributed by atoms with Crippen LogP contribution in [-0.2, 0) is 23.4 Å². The standard InChI is InChI=1S/C24H30N3O10P/c1-6-24(19(30)18(29)20(35-24)26-13-12-17(28)25-22(26)32)14-34-38(33)27(37-16-10-8-7-9-11-16)15(2)21(31)36-23(3,4)5/h1,7-13,15,18-20,29-30,38H,14H2,2-5H3,(H,25,28,32)/t15?,18-,19+,20-,24-/m1/s1. The summed E-state index contributed by atoms with van der Waals surface area (Å²) in [6.45, 7) is 5.70. The van der Waals surface area contributed by atoms with Gasteiger partial charge in [0.25, 0.3) is 13.7 Å². The number of hydrogen-bond acceptors (Lipinski definition) is 10. The van der Waals surface area contributed by atoms with Gasteiger partial charge in [-0.2, -0.15) is 0 Å². The summed E-state index contributed by atoms with van der Waals surface area (Å²) in [6.07, 6.45) is 1.69. The molecule has 6 atom stereocenters. The number of aliphatic hydroxyl groups is 2. The first-order chi connectivity index (χ1) is 17.8. The number of para-hydroxylation sites is 1. The minimum absolute atomic E-state index is 0.251. The van der Waals surface area contributed by atoms with Crippen LogP contribution in [-0.4, -0.2) is 66.6 Å². The molecule has 1 aliphatic heterocycles. The van der Waals surface area contributed by atoms with Gasteiger partial charge >= 0.3 is 11.7 Å². The van der Waals surface area contributed by atoms with Crippen molar-refractivity contribution in [2.75, 3.05) is 6.61 Å². The van der Waals surface area contributed by atoms with Crippen molar-refractivity contribution in [3.63, 3.8) is 0 Å². The first kappa shape index (κ1) is 29.3. The number of carbonyl (C=O) groups excluding carboxylic acids is 1. The molecule has 1 aromatic heterocycles. The third kappa shape index (κ3) is 6.60. The number of nitrogens with zero attached hydrogens (tertiary/aromatic N) is 2. The lowest BCUT2D eigenvalue weighted by Crippen LogP contribution is -2.46. The maximum atomic E-state index is 13.3. The van der Waals surface area contributed by atoms with Gasteiger partial charge in [0, 0.05) is 12.3 Å². The molecule has 1 saturated heterocycles. The second-order valence-electron chi connectivity index (χ2n) is 9.49. The van der Waals surface area contributed by atoms with Crippen molar-refractivity contribution in [1.29, 1.82) is 0 Å². The van der Waals surface area contributed by atoms with Crippen molar-refractivity contribution < 1.29 is 38.4 Å². The number of H-pyrrole nitrogens is 1. The topological polar surface area (TPSA) is 170 Å². The van der Waals surface area contributed by atoms with Crippen molar-refractivity contribution in [3.8, 4) is 18.1 Å². The Hall–Kier alpha value is -3.24. The van der Waals surface area contributed by atoms with E-state index in [1.165, 1.54) is 6.92 Å². The first-order valence-corrected chi connectivity index (χ1v) is 12.8. The summed E-state index contributed by atoms with van der Waals surface area (Å²) in [5.41, 5.74) is -4.47. The Morgan fingerprint density at radius 3 is 2.53 bits per heavy atom. The zero-order valence-electron chi connectivity index (χ0n) is 21.2. The monoisotopic (exact) mass is 551 g/mol. The summed E-state index contributed by atoms with van der Waals surface area (Å²) < 4.78 is 30.6. The summed E-state index contributed by atoms with van der Waals surface area (Å²) in [5, 5.41) is 21.3. The van der Waals surface area contributed by atoms with E-state index in [2.05, 4.69) is 5.92 Å². The molecular formula is C24H30N3O10P. The molecule has 0 amide bonds. The van der Waals surface area contributed by atoms with Gasteiger partial charge in [0.2, 0.25) is 0 Å². The third-order valence-electron chi connectivity index (χ3n) is 5.43. The lowest BCUT2D eigenvalue weighted by Gasteiger charge is -2.30. The highest BCUT2D eigenvalue weighted by Gasteiger charge is 2.55. The van der Waals surface area contributed by atoms with Crippen molar-refractivity contribution in [2.24, 2.45) is 0 Å². The van der Waals surface area contributed by atoms with Crippen molar-refractivity contribution in [1.82, 2.24) is 14.4 Å². The lowest BCUT2D eigenvalue weighted by molar-refractivity contribution is -0.166. The number of ether oxygens (including phenoxy) is 2. The Balaban J connectivity index is 1.83. The molecule has 14 heteroatoms. The van der Waals surface area contributed by atoms with E-state index in [0.29, 0.717) is 0 Å². The van der Waals surface area contributed by atoms with E-state index in [-0.39, 0.29) is 5.75 Å². The largest absolute Gasteiger partial charge is 0.459 e. The molecule has 1 aliphatic rings. The van der Waals surface area contributed by atoms with E-state index in [1.54, 1.807) is 51.1 Å². The Labute approximate surface area is 218 Å². The smallest absolute Gasteiger partial charge is 0.330 e. The van der Waals surface area contributed by atoms with Gasteiger partial charge in [0.1, 0.15) is 29.6 Å². The molecular weight excluding hydrogens is 521 g/mol. The summed E-state index contributed by atoms with van der Waals surface area (Å²) in [5.74, 6) is 1.71. The average molecular weight is 551 g/mol. The van der Waals surface area contributed by atoms with E-state index in [4.69, 9.17) is 25.3 Å². The Morgan fingerprint density at radius 1 is 1.29 bits per heavy atom. The molecule has 206 valence electrons. The van der Waals surface area contributed by atoms with Crippen LogP contribution in [0.2, 0.25) is 0 Å². The van der Waals surface area contributed by atoms with Crippen LogP contribution >= 0.6 is 8.18 Å². The second-order valence-corrected chi connectivity index (χ2v) is 10.8. The number of terminal acetylenes is 1.